The van der Waals surface area contributed by atoms with Crippen LogP contribution < -0.4 is 0 Å². The predicted molar refractivity (Wildman–Crippen MR) is 49.7 cm³/mol. The fourth-order valence-corrected chi connectivity index (χ4v) is 3.74. The molecule has 1 aliphatic carbocycles. The van der Waals surface area contributed by atoms with Crippen LogP contribution in [0, 0.1) is 11.8 Å². The van der Waals surface area contributed by atoms with Crippen molar-refractivity contribution in [3.05, 3.63) is 0 Å². The summed E-state index contributed by atoms with van der Waals surface area (Å²) in [5, 5.41) is 0. The molecule has 0 aromatic heterocycles. The number of hydrogen-bond donors (Lipinski definition) is 0. The van der Waals surface area contributed by atoms with Crippen molar-refractivity contribution in [1.82, 2.24) is 0 Å². The highest BCUT2D eigenvalue weighted by Crippen LogP contribution is 2.56. The Bertz CT molecular complexity index is 331. The second-order valence-corrected chi connectivity index (χ2v) is 5.19. The lowest BCUT2D eigenvalue weighted by Gasteiger charge is -2.59. The van der Waals surface area contributed by atoms with Gasteiger partial charge in [0.05, 0.1) is 6.42 Å². The van der Waals surface area contributed by atoms with Gasteiger partial charge in [0.2, 0.25) is 6.29 Å². The fraction of sp³-hybridized carbons (Fsp3) is 0.909. The Hall–Kier alpha value is -0.650. The molecule has 5 nitrogen and oxygen atoms in total. The maximum absolute atomic E-state index is 11.5. The van der Waals surface area contributed by atoms with E-state index < -0.39 is 11.9 Å². The monoisotopic (exact) mass is 226 g/mol. The van der Waals surface area contributed by atoms with E-state index in [4.69, 9.17) is 19.2 Å². The summed E-state index contributed by atoms with van der Waals surface area (Å²) in [4.78, 5) is 22.3. The molecule has 0 aromatic rings. The van der Waals surface area contributed by atoms with Crippen LogP contribution in [0.2, 0.25) is 0 Å². The van der Waals surface area contributed by atoms with Gasteiger partial charge in [-0.3, -0.25) is 4.79 Å². The highest BCUT2D eigenvalue weighted by molar-refractivity contribution is 5.71. The summed E-state index contributed by atoms with van der Waals surface area (Å²) in [5.74, 6) is 0.438. The molecule has 0 N–H and O–H groups in total. The van der Waals surface area contributed by atoms with Crippen molar-refractivity contribution in [2.45, 2.75) is 50.3 Å². The Morgan fingerprint density at radius 1 is 1.25 bits per heavy atom. The first kappa shape index (κ1) is 9.39. The van der Waals surface area contributed by atoms with Gasteiger partial charge in [-0.15, -0.1) is 0 Å². The van der Waals surface area contributed by atoms with Crippen molar-refractivity contribution >= 4 is 5.97 Å². The molecule has 4 saturated heterocycles. The number of fused-ring (bicyclic) bond motifs is 1. The van der Waals surface area contributed by atoms with Crippen molar-refractivity contribution in [3.8, 4) is 0 Å². The Balaban J connectivity index is 1.78. The van der Waals surface area contributed by atoms with Gasteiger partial charge < -0.3 is 9.47 Å². The van der Waals surface area contributed by atoms with Crippen molar-refractivity contribution in [1.29, 1.82) is 0 Å². The molecule has 5 fully saturated rings. The van der Waals surface area contributed by atoms with Crippen molar-refractivity contribution < 1.29 is 24.0 Å². The van der Waals surface area contributed by atoms with Crippen LogP contribution in [0.4, 0.5) is 0 Å². The zero-order valence-electron chi connectivity index (χ0n) is 8.89. The second kappa shape index (κ2) is 2.97. The highest BCUT2D eigenvalue weighted by Gasteiger charge is 2.67. The van der Waals surface area contributed by atoms with Crippen LogP contribution in [-0.2, 0) is 24.0 Å². The molecule has 5 aliphatic rings. The molecule has 4 heterocycles. The molecule has 5 atom stereocenters. The van der Waals surface area contributed by atoms with E-state index in [1.807, 2.05) is 0 Å². The first-order valence-electron chi connectivity index (χ1n) is 5.98. The molecule has 0 amide bonds. The number of hydrogen-bond acceptors (Lipinski definition) is 5. The molecule has 0 aromatic carbocycles. The Labute approximate surface area is 92.9 Å². The van der Waals surface area contributed by atoms with E-state index >= 15 is 0 Å². The minimum atomic E-state index is -0.545. The topological polar surface area (TPSA) is 54.0 Å². The first-order chi connectivity index (χ1) is 7.79. The number of carbonyl (C=O) groups is 1. The Kier molecular flexibility index (Phi) is 1.74. The van der Waals surface area contributed by atoms with E-state index in [2.05, 4.69) is 0 Å². The van der Waals surface area contributed by atoms with E-state index in [0.717, 1.165) is 25.7 Å². The molecular weight excluding hydrogens is 212 g/mol. The van der Waals surface area contributed by atoms with Gasteiger partial charge in [0.1, 0.15) is 0 Å². The third kappa shape index (κ3) is 0.990. The molecule has 1 saturated carbocycles. The number of ether oxygens (including phenoxy) is 2. The molecule has 2 bridgehead atoms. The molecule has 0 unspecified atom stereocenters. The van der Waals surface area contributed by atoms with Gasteiger partial charge in [-0.25, -0.2) is 9.78 Å². The van der Waals surface area contributed by atoms with Crippen LogP contribution in [0.3, 0.4) is 0 Å². The van der Waals surface area contributed by atoms with Gasteiger partial charge in [0.25, 0.3) is 0 Å². The van der Waals surface area contributed by atoms with E-state index in [1.165, 1.54) is 0 Å². The lowest BCUT2D eigenvalue weighted by Crippen LogP contribution is -2.70. The predicted octanol–water partition coefficient (Wildman–Crippen LogP) is 1.12. The Morgan fingerprint density at radius 2 is 2.12 bits per heavy atom. The maximum Gasteiger partial charge on any atom is 0.308 e. The van der Waals surface area contributed by atoms with E-state index in [9.17, 15) is 4.79 Å². The molecule has 16 heavy (non-hydrogen) atoms. The van der Waals surface area contributed by atoms with Crippen molar-refractivity contribution in [2.24, 2.45) is 11.8 Å². The van der Waals surface area contributed by atoms with Gasteiger partial charge in [-0.1, -0.05) is 6.42 Å². The highest BCUT2D eigenvalue weighted by atomic mass is 17.3. The van der Waals surface area contributed by atoms with Crippen molar-refractivity contribution in [3.63, 3.8) is 0 Å². The number of carbonyl (C=O) groups excluding carboxylic acids is 1. The van der Waals surface area contributed by atoms with E-state index in [0.29, 0.717) is 12.3 Å². The normalized spacial score (nSPS) is 54.4. The average Bonchev–Trinajstić information content (AvgIpc) is 2.28. The molecule has 4 aliphatic heterocycles. The molecule has 5 heteroatoms. The summed E-state index contributed by atoms with van der Waals surface area (Å²) < 4.78 is 10.9. The molecular formula is C11H14O5. The van der Waals surface area contributed by atoms with Crippen LogP contribution in [-0.4, -0.2) is 24.2 Å². The fourth-order valence-electron chi connectivity index (χ4n) is 3.74. The summed E-state index contributed by atoms with van der Waals surface area (Å²) in [6.07, 6.45) is 3.67. The molecule has 88 valence electrons. The standard InChI is InChI=1S/C11H14O5/c12-8-4-6-2-1-3-7-5-9-14-10(13-8)11(6,7)16-15-9/h6-7,9-10H,1-5H2/t6-,7+,9+,10+,11-/m1/s1. The van der Waals surface area contributed by atoms with Crippen LogP contribution in [0.15, 0.2) is 0 Å². The minimum absolute atomic E-state index is 0.169. The SMILES string of the molecule is O=C1C[C@H]2CCC[C@H]3C[C@@H]4OO[C@]23[C@@H](O1)O4. The second-order valence-electron chi connectivity index (χ2n) is 5.19. The first-order valence-corrected chi connectivity index (χ1v) is 5.98. The van der Waals surface area contributed by atoms with Gasteiger partial charge in [0.15, 0.2) is 11.9 Å². The summed E-state index contributed by atoms with van der Waals surface area (Å²) in [5.41, 5.74) is -0.513. The summed E-state index contributed by atoms with van der Waals surface area (Å²) in [6.45, 7) is 0. The zero-order chi connectivity index (χ0) is 10.8. The zero-order valence-corrected chi connectivity index (χ0v) is 8.89. The number of esters is 1. The summed E-state index contributed by atoms with van der Waals surface area (Å²) in [6, 6.07) is 0. The van der Waals surface area contributed by atoms with E-state index in [-0.39, 0.29) is 18.2 Å². The third-order valence-electron chi connectivity index (χ3n) is 4.45. The van der Waals surface area contributed by atoms with Crippen LogP contribution >= 0.6 is 0 Å². The van der Waals surface area contributed by atoms with Crippen LogP contribution in [0.1, 0.15) is 32.1 Å². The van der Waals surface area contributed by atoms with Gasteiger partial charge >= 0.3 is 5.97 Å². The van der Waals surface area contributed by atoms with Crippen LogP contribution in [0.25, 0.3) is 0 Å². The molecule has 1 spiro atoms. The molecule has 5 rings (SSSR count). The summed E-state index contributed by atoms with van der Waals surface area (Å²) in [7, 11) is 0. The number of rotatable bonds is 0. The third-order valence-corrected chi connectivity index (χ3v) is 4.45. The smallest absolute Gasteiger partial charge is 0.308 e. The average molecular weight is 226 g/mol. The lowest BCUT2D eigenvalue weighted by atomic mass is 9.63. The van der Waals surface area contributed by atoms with Gasteiger partial charge in [-0.2, -0.15) is 0 Å². The lowest BCUT2D eigenvalue weighted by molar-refractivity contribution is -0.563. The van der Waals surface area contributed by atoms with Gasteiger partial charge in [0, 0.05) is 18.3 Å². The Morgan fingerprint density at radius 3 is 3.06 bits per heavy atom. The van der Waals surface area contributed by atoms with Crippen molar-refractivity contribution in [2.75, 3.05) is 0 Å². The molecule has 0 radical (unpaired) electrons. The van der Waals surface area contributed by atoms with E-state index in [1.54, 1.807) is 0 Å². The van der Waals surface area contributed by atoms with Gasteiger partial charge in [-0.05, 0) is 12.8 Å². The largest absolute Gasteiger partial charge is 0.432 e. The minimum Gasteiger partial charge on any atom is -0.432 e. The van der Waals surface area contributed by atoms with Crippen LogP contribution in [0.5, 0.6) is 0 Å². The maximum atomic E-state index is 11.5. The quantitative estimate of drug-likeness (QED) is 0.457. The summed E-state index contributed by atoms with van der Waals surface area (Å²) >= 11 is 0.